The lowest BCUT2D eigenvalue weighted by Gasteiger charge is -2.19. The Kier molecular flexibility index (Phi) is 4.11. The Morgan fingerprint density at radius 1 is 1.11 bits per heavy atom. The molecule has 1 unspecified atom stereocenters. The molecular formula is C17H23NO. The Balaban J connectivity index is 1.93. The molecule has 0 spiro atoms. The maximum absolute atomic E-state index is 5.39. The SMILES string of the molecule is CC(NCc1ccc(C(C)(C)C)cc1)c1ccco1. The van der Waals surface area contributed by atoms with Gasteiger partial charge in [0.1, 0.15) is 5.76 Å². The minimum Gasteiger partial charge on any atom is -0.468 e. The zero-order valence-corrected chi connectivity index (χ0v) is 12.2. The third-order valence-electron chi connectivity index (χ3n) is 3.40. The normalized spacial score (nSPS) is 13.5. The van der Waals surface area contributed by atoms with E-state index in [1.165, 1.54) is 11.1 Å². The highest BCUT2D eigenvalue weighted by Gasteiger charge is 2.13. The quantitative estimate of drug-likeness (QED) is 0.876. The molecule has 1 atom stereocenters. The maximum atomic E-state index is 5.39. The van der Waals surface area contributed by atoms with Crippen LogP contribution in [0.4, 0.5) is 0 Å². The molecule has 0 saturated carbocycles. The van der Waals surface area contributed by atoms with E-state index in [0.29, 0.717) is 0 Å². The van der Waals surface area contributed by atoms with Gasteiger partial charge in [0.05, 0.1) is 12.3 Å². The van der Waals surface area contributed by atoms with Crippen LogP contribution in [-0.2, 0) is 12.0 Å². The average Bonchev–Trinajstić information content (AvgIpc) is 2.89. The van der Waals surface area contributed by atoms with Crippen molar-refractivity contribution in [3.8, 4) is 0 Å². The lowest BCUT2D eigenvalue weighted by atomic mass is 9.87. The highest BCUT2D eigenvalue weighted by atomic mass is 16.3. The molecule has 0 bridgehead atoms. The van der Waals surface area contributed by atoms with E-state index in [0.717, 1.165) is 12.3 Å². The third-order valence-corrected chi connectivity index (χ3v) is 3.40. The number of hydrogen-bond donors (Lipinski definition) is 1. The van der Waals surface area contributed by atoms with Gasteiger partial charge in [-0.1, -0.05) is 45.0 Å². The van der Waals surface area contributed by atoms with Crippen molar-refractivity contribution in [3.63, 3.8) is 0 Å². The summed E-state index contributed by atoms with van der Waals surface area (Å²) in [4.78, 5) is 0. The first-order chi connectivity index (χ1) is 8.97. The smallest absolute Gasteiger partial charge is 0.120 e. The molecule has 0 radical (unpaired) electrons. The molecule has 0 aliphatic heterocycles. The number of hydrogen-bond acceptors (Lipinski definition) is 2. The van der Waals surface area contributed by atoms with Crippen LogP contribution in [-0.4, -0.2) is 0 Å². The van der Waals surface area contributed by atoms with Crippen LogP contribution in [0, 0.1) is 0 Å². The largest absolute Gasteiger partial charge is 0.468 e. The molecular weight excluding hydrogens is 234 g/mol. The van der Waals surface area contributed by atoms with E-state index >= 15 is 0 Å². The fraction of sp³-hybridized carbons (Fsp3) is 0.412. The lowest BCUT2D eigenvalue weighted by molar-refractivity contribution is 0.430. The highest BCUT2D eigenvalue weighted by molar-refractivity contribution is 5.27. The summed E-state index contributed by atoms with van der Waals surface area (Å²) in [5.41, 5.74) is 2.88. The summed E-state index contributed by atoms with van der Waals surface area (Å²) in [6.45, 7) is 9.67. The van der Waals surface area contributed by atoms with Crippen LogP contribution in [0.1, 0.15) is 50.6 Å². The average molecular weight is 257 g/mol. The summed E-state index contributed by atoms with van der Waals surface area (Å²) in [6, 6.07) is 13.0. The molecule has 2 heteroatoms. The summed E-state index contributed by atoms with van der Waals surface area (Å²) in [7, 11) is 0. The van der Waals surface area contributed by atoms with Gasteiger partial charge in [-0.25, -0.2) is 0 Å². The standard InChI is InChI=1S/C17H23NO/c1-13(16-6-5-11-19-16)18-12-14-7-9-15(10-8-14)17(2,3)4/h5-11,13,18H,12H2,1-4H3. The second kappa shape index (κ2) is 5.62. The summed E-state index contributed by atoms with van der Waals surface area (Å²) in [5, 5.41) is 3.47. The van der Waals surface area contributed by atoms with E-state index in [2.05, 4.69) is 57.3 Å². The van der Waals surface area contributed by atoms with Crippen molar-refractivity contribution in [1.82, 2.24) is 5.32 Å². The molecule has 1 aromatic heterocycles. The van der Waals surface area contributed by atoms with Gasteiger partial charge in [-0.15, -0.1) is 0 Å². The molecule has 0 aliphatic carbocycles. The molecule has 2 aromatic rings. The second-order valence-electron chi connectivity index (χ2n) is 6.06. The van der Waals surface area contributed by atoms with Gasteiger partial charge < -0.3 is 9.73 Å². The summed E-state index contributed by atoms with van der Waals surface area (Å²) in [5.74, 6) is 0.978. The summed E-state index contributed by atoms with van der Waals surface area (Å²) < 4.78 is 5.39. The van der Waals surface area contributed by atoms with E-state index in [4.69, 9.17) is 4.42 Å². The fourth-order valence-electron chi connectivity index (χ4n) is 2.03. The fourth-order valence-corrected chi connectivity index (χ4v) is 2.03. The molecule has 19 heavy (non-hydrogen) atoms. The van der Waals surface area contributed by atoms with E-state index in [9.17, 15) is 0 Å². The van der Waals surface area contributed by atoms with E-state index in [-0.39, 0.29) is 11.5 Å². The van der Waals surface area contributed by atoms with Crippen LogP contribution >= 0.6 is 0 Å². The monoisotopic (exact) mass is 257 g/mol. The zero-order valence-electron chi connectivity index (χ0n) is 12.2. The van der Waals surface area contributed by atoms with Crippen molar-refractivity contribution in [2.45, 2.75) is 45.7 Å². The lowest BCUT2D eigenvalue weighted by Crippen LogP contribution is -2.18. The Morgan fingerprint density at radius 2 is 1.79 bits per heavy atom. The van der Waals surface area contributed by atoms with Gasteiger partial charge in [-0.3, -0.25) is 0 Å². The predicted molar refractivity (Wildman–Crippen MR) is 79.1 cm³/mol. The van der Waals surface area contributed by atoms with Crippen molar-refractivity contribution in [2.24, 2.45) is 0 Å². The first-order valence-electron chi connectivity index (χ1n) is 6.83. The third kappa shape index (κ3) is 3.71. The number of nitrogens with one attached hydrogen (secondary N) is 1. The molecule has 2 nitrogen and oxygen atoms in total. The molecule has 0 aliphatic rings. The van der Waals surface area contributed by atoms with Gasteiger partial charge in [0.25, 0.3) is 0 Å². The van der Waals surface area contributed by atoms with Crippen LogP contribution in [0.3, 0.4) is 0 Å². The highest BCUT2D eigenvalue weighted by Crippen LogP contribution is 2.22. The molecule has 0 saturated heterocycles. The van der Waals surface area contributed by atoms with Gasteiger partial charge in [0.15, 0.2) is 0 Å². The van der Waals surface area contributed by atoms with Crippen LogP contribution in [0.2, 0.25) is 0 Å². The molecule has 2 rings (SSSR count). The van der Waals surface area contributed by atoms with Crippen molar-refractivity contribution in [1.29, 1.82) is 0 Å². The molecule has 0 amide bonds. The molecule has 0 fully saturated rings. The molecule has 1 heterocycles. The second-order valence-corrected chi connectivity index (χ2v) is 6.06. The molecule has 102 valence electrons. The van der Waals surface area contributed by atoms with E-state index in [1.54, 1.807) is 6.26 Å². The predicted octanol–water partition coefficient (Wildman–Crippen LogP) is 4.43. The van der Waals surface area contributed by atoms with Crippen LogP contribution in [0.25, 0.3) is 0 Å². The van der Waals surface area contributed by atoms with Gasteiger partial charge >= 0.3 is 0 Å². The zero-order chi connectivity index (χ0) is 13.9. The molecule has 1 N–H and O–H groups in total. The van der Waals surface area contributed by atoms with Crippen molar-refractivity contribution in [2.75, 3.05) is 0 Å². The Bertz CT molecular complexity index is 491. The van der Waals surface area contributed by atoms with Crippen LogP contribution < -0.4 is 5.32 Å². The Morgan fingerprint density at radius 3 is 2.32 bits per heavy atom. The van der Waals surface area contributed by atoms with Crippen LogP contribution in [0.5, 0.6) is 0 Å². The summed E-state index contributed by atoms with van der Waals surface area (Å²) >= 11 is 0. The summed E-state index contributed by atoms with van der Waals surface area (Å²) in [6.07, 6.45) is 1.71. The van der Waals surface area contributed by atoms with Gasteiger partial charge in [0, 0.05) is 6.54 Å². The number of benzene rings is 1. The topological polar surface area (TPSA) is 25.2 Å². The molecule has 1 aromatic carbocycles. The van der Waals surface area contributed by atoms with E-state index in [1.807, 2.05) is 12.1 Å². The van der Waals surface area contributed by atoms with Crippen LogP contribution in [0.15, 0.2) is 47.1 Å². The van der Waals surface area contributed by atoms with Crippen molar-refractivity contribution >= 4 is 0 Å². The van der Waals surface area contributed by atoms with Gasteiger partial charge in [0.2, 0.25) is 0 Å². The minimum atomic E-state index is 0.216. The first-order valence-corrected chi connectivity index (χ1v) is 6.83. The van der Waals surface area contributed by atoms with Crippen molar-refractivity contribution in [3.05, 3.63) is 59.5 Å². The maximum Gasteiger partial charge on any atom is 0.120 e. The first kappa shape index (κ1) is 13.9. The number of rotatable bonds is 4. The van der Waals surface area contributed by atoms with Gasteiger partial charge in [-0.2, -0.15) is 0 Å². The van der Waals surface area contributed by atoms with Crippen molar-refractivity contribution < 1.29 is 4.42 Å². The van der Waals surface area contributed by atoms with Gasteiger partial charge in [-0.05, 0) is 35.6 Å². The van der Waals surface area contributed by atoms with E-state index < -0.39 is 0 Å². The Hall–Kier alpha value is -1.54. The minimum absolute atomic E-state index is 0.216. The Labute approximate surface area is 115 Å². The number of furan rings is 1.